The number of para-hydroxylation sites is 1. The Hall–Kier alpha value is -2.44. The van der Waals surface area contributed by atoms with E-state index >= 15 is 0 Å². The third-order valence-corrected chi connectivity index (χ3v) is 4.61. The average Bonchev–Trinajstić information content (AvgIpc) is 2.63. The van der Waals surface area contributed by atoms with Crippen LogP contribution in [-0.4, -0.2) is 36.3 Å². The van der Waals surface area contributed by atoms with Gasteiger partial charge in [-0.05, 0) is 50.2 Å². The number of amides is 2. The Bertz CT molecular complexity index is 829. The Kier molecular flexibility index (Phi) is 7.33. The Balaban J connectivity index is 1.94. The summed E-state index contributed by atoms with van der Waals surface area (Å²) in [4.78, 5) is 26.3. The Morgan fingerprint density at radius 3 is 2.52 bits per heavy atom. The van der Waals surface area contributed by atoms with Crippen LogP contribution in [0, 0.1) is 5.82 Å². The van der Waals surface area contributed by atoms with Crippen LogP contribution in [0.2, 0.25) is 5.02 Å². The number of halogens is 2. The molecule has 1 atom stereocenters. The first kappa shape index (κ1) is 20.9. The van der Waals surface area contributed by atoms with Crippen LogP contribution < -0.4 is 10.6 Å². The molecule has 144 valence electrons. The van der Waals surface area contributed by atoms with E-state index in [0.29, 0.717) is 5.69 Å². The fraction of sp³-hybridized carbons (Fsp3) is 0.300. The second-order valence-electron chi connectivity index (χ2n) is 6.26. The summed E-state index contributed by atoms with van der Waals surface area (Å²) in [5, 5.41) is 5.64. The van der Waals surface area contributed by atoms with Crippen molar-refractivity contribution in [2.24, 2.45) is 0 Å². The minimum absolute atomic E-state index is 0.0454. The molecule has 5 nitrogen and oxygen atoms in total. The molecule has 0 bridgehead atoms. The van der Waals surface area contributed by atoms with Gasteiger partial charge in [0.15, 0.2) is 0 Å². The van der Waals surface area contributed by atoms with Crippen LogP contribution in [0.1, 0.15) is 19.4 Å². The van der Waals surface area contributed by atoms with Gasteiger partial charge in [0, 0.05) is 5.69 Å². The van der Waals surface area contributed by atoms with Crippen LogP contribution in [0.5, 0.6) is 0 Å². The highest BCUT2D eigenvalue weighted by molar-refractivity contribution is 6.33. The largest absolute Gasteiger partial charge is 0.325 e. The number of benzene rings is 2. The van der Waals surface area contributed by atoms with Crippen molar-refractivity contribution in [3.8, 4) is 0 Å². The van der Waals surface area contributed by atoms with Crippen molar-refractivity contribution in [2.75, 3.05) is 24.2 Å². The molecule has 0 heterocycles. The first-order valence-corrected chi connectivity index (χ1v) is 9.03. The van der Waals surface area contributed by atoms with Crippen LogP contribution in [0.25, 0.3) is 0 Å². The molecule has 0 aliphatic carbocycles. The minimum Gasteiger partial charge on any atom is -0.325 e. The van der Waals surface area contributed by atoms with Crippen molar-refractivity contribution in [2.45, 2.75) is 26.3 Å². The molecular formula is C20H23ClFN3O2. The van der Waals surface area contributed by atoms with E-state index < -0.39 is 11.9 Å². The fourth-order valence-electron chi connectivity index (χ4n) is 2.53. The van der Waals surface area contributed by atoms with Gasteiger partial charge in [0.1, 0.15) is 5.82 Å². The lowest BCUT2D eigenvalue weighted by Crippen LogP contribution is -2.43. The number of nitrogens with one attached hydrogen (secondary N) is 2. The van der Waals surface area contributed by atoms with Gasteiger partial charge >= 0.3 is 0 Å². The third kappa shape index (κ3) is 5.77. The lowest BCUT2D eigenvalue weighted by molar-refractivity contribution is -0.122. The zero-order valence-corrected chi connectivity index (χ0v) is 16.3. The number of anilines is 2. The van der Waals surface area contributed by atoms with Crippen molar-refractivity contribution < 1.29 is 14.0 Å². The zero-order chi connectivity index (χ0) is 20.0. The number of likely N-dealkylation sites (N-methyl/N-ethyl adjacent to an activating group) is 1. The number of nitrogens with zero attached hydrogens (tertiary/aromatic N) is 1. The maximum Gasteiger partial charge on any atom is 0.241 e. The van der Waals surface area contributed by atoms with Gasteiger partial charge in [-0.25, -0.2) is 4.39 Å². The summed E-state index contributed by atoms with van der Waals surface area (Å²) in [5.41, 5.74) is 2.14. The quantitative estimate of drug-likeness (QED) is 0.751. The highest BCUT2D eigenvalue weighted by atomic mass is 35.5. The maximum atomic E-state index is 13.1. The summed E-state index contributed by atoms with van der Waals surface area (Å²) >= 11 is 5.93. The molecule has 2 N–H and O–H groups in total. The molecule has 0 aliphatic heterocycles. The summed E-state index contributed by atoms with van der Waals surface area (Å²) in [7, 11) is 1.68. The minimum atomic E-state index is -0.585. The Morgan fingerprint density at radius 2 is 1.85 bits per heavy atom. The van der Waals surface area contributed by atoms with Crippen LogP contribution in [0.15, 0.2) is 42.5 Å². The van der Waals surface area contributed by atoms with Crippen molar-refractivity contribution in [1.82, 2.24) is 4.90 Å². The van der Waals surface area contributed by atoms with Crippen LogP contribution in [-0.2, 0) is 16.0 Å². The van der Waals surface area contributed by atoms with Gasteiger partial charge in [0.25, 0.3) is 0 Å². The molecule has 0 aliphatic rings. The molecule has 2 rings (SSSR count). The lowest BCUT2D eigenvalue weighted by Gasteiger charge is -2.23. The second-order valence-corrected chi connectivity index (χ2v) is 6.67. The molecule has 2 amide bonds. The monoisotopic (exact) mass is 391 g/mol. The molecule has 0 spiro atoms. The lowest BCUT2D eigenvalue weighted by atomic mass is 10.1. The number of aryl methyl sites for hydroxylation is 1. The molecule has 2 aromatic carbocycles. The van der Waals surface area contributed by atoms with Crippen LogP contribution in [0.3, 0.4) is 0 Å². The number of rotatable bonds is 7. The predicted octanol–water partition coefficient (Wildman–Crippen LogP) is 3.94. The van der Waals surface area contributed by atoms with Crippen molar-refractivity contribution >= 4 is 34.8 Å². The van der Waals surface area contributed by atoms with E-state index in [-0.39, 0.29) is 23.4 Å². The Morgan fingerprint density at radius 1 is 1.15 bits per heavy atom. The van der Waals surface area contributed by atoms with Gasteiger partial charge in [-0.3, -0.25) is 14.5 Å². The summed E-state index contributed by atoms with van der Waals surface area (Å²) in [5.74, 6) is -1.03. The van der Waals surface area contributed by atoms with Crippen molar-refractivity contribution in [3.63, 3.8) is 0 Å². The van der Waals surface area contributed by atoms with Gasteiger partial charge in [0.2, 0.25) is 11.8 Å². The topological polar surface area (TPSA) is 61.4 Å². The van der Waals surface area contributed by atoms with Crippen molar-refractivity contribution in [3.05, 3.63) is 58.9 Å². The third-order valence-electron chi connectivity index (χ3n) is 4.29. The van der Waals surface area contributed by atoms with E-state index in [9.17, 15) is 14.0 Å². The standard InChI is InChI=1S/C20H23ClFN3O2/c1-4-14-7-5-6-8-17(14)23-19(26)12-25(3)13(2)20(27)24-18-10-9-15(22)11-16(18)21/h5-11,13H,4,12H2,1-3H3,(H,23,26)(H,24,27)/t13-/m1/s1. The van der Waals surface area contributed by atoms with E-state index in [0.717, 1.165) is 23.7 Å². The van der Waals surface area contributed by atoms with E-state index in [2.05, 4.69) is 10.6 Å². The number of hydrogen-bond acceptors (Lipinski definition) is 3. The van der Waals surface area contributed by atoms with Gasteiger partial charge < -0.3 is 10.6 Å². The molecule has 0 unspecified atom stereocenters. The summed E-state index contributed by atoms with van der Waals surface area (Å²) in [6.07, 6.45) is 0.809. The summed E-state index contributed by atoms with van der Waals surface area (Å²) < 4.78 is 13.1. The van der Waals surface area contributed by atoms with Crippen LogP contribution in [0.4, 0.5) is 15.8 Å². The molecule has 0 fully saturated rings. The number of hydrogen-bond donors (Lipinski definition) is 2. The van der Waals surface area contributed by atoms with Gasteiger partial charge in [-0.2, -0.15) is 0 Å². The van der Waals surface area contributed by atoms with Gasteiger partial charge in [-0.15, -0.1) is 0 Å². The van der Waals surface area contributed by atoms with Gasteiger partial charge in [-0.1, -0.05) is 36.7 Å². The summed E-state index contributed by atoms with van der Waals surface area (Å²) in [6.45, 7) is 3.74. The molecule has 0 saturated carbocycles. The molecule has 0 saturated heterocycles. The van der Waals surface area contributed by atoms with E-state index in [1.54, 1.807) is 18.9 Å². The first-order valence-electron chi connectivity index (χ1n) is 8.65. The molecule has 27 heavy (non-hydrogen) atoms. The first-order chi connectivity index (χ1) is 12.8. The molecular weight excluding hydrogens is 369 g/mol. The SMILES string of the molecule is CCc1ccccc1NC(=O)CN(C)[C@H](C)C(=O)Nc1ccc(F)cc1Cl. The molecule has 0 radical (unpaired) electrons. The summed E-state index contributed by atoms with van der Waals surface area (Å²) in [6, 6.07) is 10.8. The van der Waals surface area contributed by atoms with E-state index in [1.165, 1.54) is 12.1 Å². The molecule has 7 heteroatoms. The highest BCUT2D eigenvalue weighted by Gasteiger charge is 2.21. The fourth-order valence-corrected chi connectivity index (χ4v) is 2.75. The molecule has 2 aromatic rings. The zero-order valence-electron chi connectivity index (χ0n) is 15.6. The van der Waals surface area contributed by atoms with Gasteiger partial charge in [0.05, 0.1) is 23.3 Å². The number of carbonyl (C=O) groups is 2. The van der Waals surface area contributed by atoms with Crippen LogP contribution >= 0.6 is 11.6 Å². The second kappa shape index (κ2) is 9.48. The van der Waals surface area contributed by atoms with E-state index in [4.69, 9.17) is 11.6 Å². The maximum absolute atomic E-state index is 13.1. The van der Waals surface area contributed by atoms with E-state index in [1.807, 2.05) is 31.2 Å². The highest BCUT2D eigenvalue weighted by Crippen LogP contribution is 2.22. The number of carbonyl (C=O) groups excluding carboxylic acids is 2. The Labute approximate surface area is 163 Å². The predicted molar refractivity (Wildman–Crippen MR) is 107 cm³/mol. The smallest absolute Gasteiger partial charge is 0.241 e. The van der Waals surface area contributed by atoms with Crippen molar-refractivity contribution in [1.29, 1.82) is 0 Å². The molecule has 0 aromatic heterocycles. The average molecular weight is 392 g/mol. The normalized spacial score (nSPS) is 11.9.